The summed E-state index contributed by atoms with van der Waals surface area (Å²) >= 11 is 0. The van der Waals surface area contributed by atoms with Gasteiger partial charge < -0.3 is 10.6 Å². The Kier molecular flexibility index (Phi) is 6.87. The number of rotatable bonds is 7. The molecule has 0 unspecified atom stereocenters. The van der Waals surface area contributed by atoms with Gasteiger partial charge in [-0.05, 0) is 68.2 Å². The van der Waals surface area contributed by atoms with Crippen LogP contribution >= 0.6 is 0 Å². The molecule has 2 amide bonds. The topological polar surface area (TPSA) is 110 Å². The molecule has 8 heteroatoms. The number of primary amides is 1. The number of nitrogens with zero attached hydrogens (tertiary/aromatic N) is 1. The molecular formula is C22H33N3O4S. The number of carbonyl (C=O) groups excluding carboxylic acids is 2. The maximum absolute atomic E-state index is 13.3. The minimum atomic E-state index is -3.90. The minimum Gasteiger partial charge on any atom is -0.370 e. The van der Waals surface area contributed by atoms with Crippen molar-refractivity contribution in [2.45, 2.75) is 76.2 Å². The molecule has 1 saturated heterocycles. The lowest BCUT2D eigenvalue weighted by atomic mass is 9.73. The quantitative estimate of drug-likeness (QED) is 0.685. The van der Waals surface area contributed by atoms with Gasteiger partial charge in [0.25, 0.3) is 0 Å². The number of hydrogen-bond acceptors (Lipinski definition) is 4. The molecule has 0 radical (unpaired) electrons. The number of amides is 2. The van der Waals surface area contributed by atoms with E-state index in [0.29, 0.717) is 13.1 Å². The second-order valence-corrected chi connectivity index (χ2v) is 10.7. The minimum absolute atomic E-state index is 0.0508. The van der Waals surface area contributed by atoms with Gasteiger partial charge in [-0.3, -0.25) is 9.59 Å². The van der Waals surface area contributed by atoms with Gasteiger partial charge >= 0.3 is 0 Å². The lowest BCUT2D eigenvalue weighted by Crippen LogP contribution is -2.48. The van der Waals surface area contributed by atoms with Gasteiger partial charge in [0.15, 0.2) is 0 Å². The van der Waals surface area contributed by atoms with E-state index in [0.717, 1.165) is 30.4 Å². The third kappa shape index (κ3) is 5.21. The third-order valence-electron chi connectivity index (χ3n) is 6.73. The third-order valence-corrected chi connectivity index (χ3v) is 8.20. The predicted molar refractivity (Wildman–Crippen MR) is 115 cm³/mol. The van der Waals surface area contributed by atoms with Crippen LogP contribution in [0.1, 0.15) is 62.5 Å². The van der Waals surface area contributed by atoms with Crippen LogP contribution in [0.15, 0.2) is 23.1 Å². The fourth-order valence-electron chi connectivity index (χ4n) is 4.71. The highest BCUT2D eigenvalue weighted by molar-refractivity contribution is 7.89. The average molecular weight is 436 g/mol. The van der Waals surface area contributed by atoms with Crippen LogP contribution in [0.5, 0.6) is 0 Å². The van der Waals surface area contributed by atoms with Crippen LogP contribution in [0.4, 0.5) is 0 Å². The summed E-state index contributed by atoms with van der Waals surface area (Å²) < 4.78 is 28.5. The first-order chi connectivity index (χ1) is 14.1. The van der Waals surface area contributed by atoms with E-state index in [1.807, 2.05) is 13.8 Å². The first-order valence-electron chi connectivity index (χ1n) is 10.8. The van der Waals surface area contributed by atoms with Gasteiger partial charge in [-0.1, -0.05) is 25.3 Å². The summed E-state index contributed by atoms with van der Waals surface area (Å²) in [6.45, 7) is 5.06. The Bertz CT molecular complexity index is 907. The first kappa shape index (κ1) is 22.7. The van der Waals surface area contributed by atoms with E-state index in [1.165, 1.54) is 25.3 Å². The molecule has 30 heavy (non-hydrogen) atoms. The molecule has 1 aliphatic heterocycles. The fourth-order valence-corrected chi connectivity index (χ4v) is 6.02. The Morgan fingerprint density at radius 3 is 2.47 bits per heavy atom. The van der Waals surface area contributed by atoms with Gasteiger partial charge in [0.1, 0.15) is 6.04 Å². The van der Waals surface area contributed by atoms with Crippen molar-refractivity contribution in [1.29, 1.82) is 0 Å². The number of carbonyl (C=O) groups is 2. The smallest absolute Gasteiger partial charge is 0.241 e. The first-order valence-corrected chi connectivity index (χ1v) is 12.3. The second-order valence-electron chi connectivity index (χ2n) is 9.00. The van der Waals surface area contributed by atoms with Crippen molar-refractivity contribution in [3.63, 3.8) is 0 Å². The standard InChI is InChI=1S/C22H33N3O4S/c1-16-6-7-18(14-17(16)2)30(28,29)24-19(8-9-20(23)26)21(27)25-13-12-22(15-25)10-4-3-5-11-22/h6-7,14,19,24H,3-5,8-13,15H2,1-2H3,(H2,23,26)/t19-/m1/s1. The van der Waals surface area contributed by atoms with Crippen LogP contribution in [-0.4, -0.2) is 44.3 Å². The van der Waals surface area contributed by atoms with Crippen molar-refractivity contribution in [2.24, 2.45) is 11.1 Å². The summed E-state index contributed by atoms with van der Waals surface area (Å²) in [5, 5.41) is 0. The van der Waals surface area contributed by atoms with E-state index < -0.39 is 22.0 Å². The van der Waals surface area contributed by atoms with Gasteiger partial charge in [-0.25, -0.2) is 8.42 Å². The van der Waals surface area contributed by atoms with E-state index in [9.17, 15) is 18.0 Å². The highest BCUT2D eigenvalue weighted by Crippen LogP contribution is 2.43. The maximum Gasteiger partial charge on any atom is 0.241 e. The lowest BCUT2D eigenvalue weighted by Gasteiger charge is -2.33. The predicted octanol–water partition coefficient (Wildman–Crippen LogP) is 2.40. The molecule has 166 valence electrons. The molecule has 2 fully saturated rings. The van der Waals surface area contributed by atoms with Gasteiger partial charge in [-0.15, -0.1) is 0 Å². The van der Waals surface area contributed by atoms with Crippen molar-refractivity contribution in [2.75, 3.05) is 13.1 Å². The van der Waals surface area contributed by atoms with E-state index in [2.05, 4.69) is 4.72 Å². The number of likely N-dealkylation sites (tertiary alicyclic amines) is 1. The maximum atomic E-state index is 13.3. The van der Waals surface area contributed by atoms with Crippen LogP contribution in [0.25, 0.3) is 0 Å². The highest BCUT2D eigenvalue weighted by Gasteiger charge is 2.42. The van der Waals surface area contributed by atoms with Crippen LogP contribution in [-0.2, 0) is 19.6 Å². The summed E-state index contributed by atoms with van der Waals surface area (Å²) in [6, 6.07) is 3.88. The van der Waals surface area contributed by atoms with Gasteiger partial charge in [-0.2, -0.15) is 4.72 Å². The van der Waals surface area contributed by atoms with E-state index in [1.54, 1.807) is 17.0 Å². The number of hydrogen-bond donors (Lipinski definition) is 2. The molecule has 3 N–H and O–H groups in total. The highest BCUT2D eigenvalue weighted by atomic mass is 32.2. The molecule has 2 aliphatic rings. The van der Waals surface area contributed by atoms with Crippen LogP contribution in [0.2, 0.25) is 0 Å². The monoisotopic (exact) mass is 435 g/mol. The van der Waals surface area contributed by atoms with Crippen molar-refractivity contribution < 1.29 is 18.0 Å². The summed E-state index contributed by atoms with van der Waals surface area (Å²) in [5.74, 6) is -0.811. The van der Waals surface area contributed by atoms with Gasteiger partial charge in [0, 0.05) is 19.5 Å². The van der Waals surface area contributed by atoms with Crippen molar-refractivity contribution in [1.82, 2.24) is 9.62 Å². The van der Waals surface area contributed by atoms with Crippen molar-refractivity contribution in [3.8, 4) is 0 Å². The Labute approximate surface area is 179 Å². The molecule has 1 atom stereocenters. The zero-order valence-corrected chi connectivity index (χ0v) is 18.8. The molecular weight excluding hydrogens is 402 g/mol. The zero-order valence-electron chi connectivity index (χ0n) is 17.9. The summed E-state index contributed by atoms with van der Waals surface area (Å²) in [4.78, 5) is 26.5. The van der Waals surface area contributed by atoms with E-state index in [4.69, 9.17) is 5.73 Å². The normalized spacial score (nSPS) is 19.7. The Balaban J connectivity index is 1.77. The average Bonchev–Trinajstić information content (AvgIpc) is 3.10. The zero-order chi connectivity index (χ0) is 21.9. The summed E-state index contributed by atoms with van der Waals surface area (Å²) in [7, 11) is -3.90. The van der Waals surface area contributed by atoms with Gasteiger partial charge in [0.2, 0.25) is 21.8 Å². The number of benzene rings is 1. The van der Waals surface area contributed by atoms with E-state index >= 15 is 0 Å². The number of aryl methyl sites for hydroxylation is 2. The fraction of sp³-hybridized carbons (Fsp3) is 0.636. The molecule has 7 nitrogen and oxygen atoms in total. The molecule has 1 aromatic rings. The van der Waals surface area contributed by atoms with Gasteiger partial charge in [0.05, 0.1) is 4.90 Å². The molecule has 1 heterocycles. The lowest BCUT2D eigenvalue weighted by molar-refractivity contribution is -0.132. The van der Waals surface area contributed by atoms with Crippen molar-refractivity contribution in [3.05, 3.63) is 29.3 Å². The molecule has 1 spiro atoms. The molecule has 1 aromatic carbocycles. The second kappa shape index (κ2) is 9.06. The summed E-state index contributed by atoms with van der Waals surface area (Å²) in [6.07, 6.45) is 6.83. The van der Waals surface area contributed by atoms with Crippen LogP contribution in [0, 0.1) is 19.3 Å². The Morgan fingerprint density at radius 2 is 1.83 bits per heavy atom. The largest absolute Gasteiger partial charge is 0.370 e. The number of nitrogens with one attached hydrogen (secondary N) is 1. The number of nitrogens with two attached hydrogens (primary N) is 1. The van der Waals surface area contributed by atoms with Crippen molar-refractivity contribution >= 4 is 21.8 Å². The molecule has 1 saturated carbocycles. The Morgan fingerprint density at radius 1 is 1.13 bits per heavy atom. The molecule has 1 aliphatic carbocycles. The Hall–Kier alpha value is -1.93. The SMILES string of the molecule is Cc1ccc(S(=O)(=O)N[C@H](CCC(N)=O)C(=O)N2CCC3(CCCCC3)C2)cc1C. The summed E-state index contributed by atoms with van der Waals surface area (Å²) in [5.41, 5.74) is 7.30. The molecule has 0 aromatic heterocycles. The van der Waals surface area contributed by atoms with Crippen LogP contribution < -0.4 is 10.5 Å². The molecule has 0 bridgehead atoms. The molecule has 3 rings (SSSR count). The van der Waals surface area contributed by atoms with E-state index in [-0.39, 0.29) is 29.1 Å². The number of sulfonamides is 1. The van der Waals surface area contributed by atoms with Crippen LogP contribution in [0.3, 0.4) is 0 Å².